The number of hydrogen-bond acceptors (Lipinski definition) is 2. The molecule has 0 aromatic heterocycles. The van der Waals surface area contributed by atoms with E-state index in [1.807, 2.05) is 36.4 Å². The highest BCUT2D eigenvalue weighted by atomic mass is 16.1. The zero-order chi connectivity index (χ0) is 13.8. The Morgan fingerprint density at radius 3 is 2.00 bits per heavy atom. The summed E-state index contributed by atoms with van der Waals surface area (Å²) in [6, 6.07) is 20.1. The van der Waals surface area contributed by atoms with Crippen molar-refractivity contribution in [3.8, 4) is 0 Å². The summed E-state index contributed by atoms with van der Waals surface area (Å²) in [5.74, 6) is 0.482. The van der Waals surface area contributed by atoms with Gasteiger partial charge >= 0.3 is 0 Å². The van der Waals surface area contributed by atoms with E-state index >= 15 is 0 Å². The van der Waals surface area contributed by atoms with Crippen LogP contribution in [-0.4, -0.2) is 18.9 Å². The largest absolute Gasteiger partial charge is 0.371 e. The summed E-state index contributed by atoms with van der Waals surface area (Å²) >= 11 is 0. The molecular formula is C18H19NO. The topological polar surface area (TPSA) is 20.3 Å². The van der Waals surface area contributed by atoms with Crippen LogP contribution in [0.25, 0.3) is 0 Å². The number of ketones is 1. The molecule has 1 aliphatic rings. The van der Waals surface area contributed by atoms with Gasteiger partial charge in [-0.05, 0) is 25.0 Å². The fraction of sp³-hybridized carbons (Fsp3) is 0.278. The third-order valence-electron chi connectivity index (χ3n) is 4.05. The average Bonchev–Trinajstić information content (AvgIpc) is 2.56. The number of carbonyl (C=O) groups is 1. The van der Waals surface area contributed by atoms with E-state index in [-0.39, 0.29) is 5.92 Å². The molecule has 20 heavy (non-hydrogen) atoms. The molecular weight excluding hydrogens is 246 g/mol. The van der Waals surface area contributed by atoms with Crippen molar-refractivity contribution in [3.63, 3.8) is 0 Å². The molecule has 0 unspecified atom stereocenters. The first-order valence-corrected chi connectivity index (χ1v) is 7.24. The number of anilines is 1. The van der Waals surface area contributed by atoms with Crippen molar-refractivity contribution in [1.82, 2.24) is 0 Å². The van der Waals surface area contributed by atoms with E-state index in [1.165, 1.54) is 5.69 Å². The Morgan fingerprint density at radius 1 is 0.850 bits per heavy atom. The van der Waals surface area contributed by atoms with E-state index in [9.17, 15) is 4.79 Å². The predicted molar refractivity (Wildman–Crippen MR) is 82.2 cm³/mol. The summed E-state index contributed by atoms with van der Waals surface area (Å²) in [6.07, 6.45) is 1.89. The van der Waals surface area contributed by atoms with Crippen LogP contribution in [0.4, 0.5) is 5.69 Å². The molecule has 1 saturated heterocycles. The number of rotatable bonds is 3. The van der Waals surface area contributed by atoms with Crippen molar-refractivity contribution >= 4 is 11.5 Å². The molecule has 0 amide bonds. The van der Waals surface area contributed by atoms with Crippen molar-refractivity contribution in [2.75, 3.05) is 18.0 Å². The second-order valence-electron chi connectivity index (χ2n) is 5.33. The second-order valence-corrected chi connectivity index (χ2v) is 5.33. The van der Waals surface area contributed by atoms with Gasteiger partial charge in [-0.2, -0.15) is 0 Å². The minimum atomic E-state index is 0.178. The smallest absolute Gasteiger partial charge is 0.166 e. The molecule has 0 spiro atoms. The van der Waals surface area contributed by atoms with Gasteiger partial charge in [-0.15, -0.1) is 0 Å². The number of carbonyl (C=O) groups excluding carboxylic acids is 1. The Hall–Kier alpha value is -2.09. The average molecular weight is 265 g/mol. The molecule has 0 aliphatic carbocycles. The highest BCUT2D eigenvalue weighted by molar-refractivity contribution is 5.97. The molecule has 1 fully saturated rings. The highest BCUT2D eigenvalue weighted by Crippen LogP contribution is 2.25. The minimum Gasteiger partial charge on any atom is -0.371 e. The quantitative estimate of drug-likeness (QED) is 0.787. The van der Waals surface area contributed by atoms with Crippen LogP contribution in [0.3, 0.4) is 0 Å². The summed E-state index contributed by atoms with van der Waals surface area (Å²) in [5, 5.41) is 0. The van der Waals surface area contributed by atoms with Crippen molar-refractivity contribution in [2.24, 2.45) is 5.92 Å². The first kappa shape index (κ1) is 12.9. The molecule has 0 saturated carbocycles. The Balaban J connectivity index is 1.63. The standard InChI is InChI=1S/C18H19NO/c20-18(15-7-3-1-4-8-15)16-11-13-19(14-12-16)17-9-5-2-6-10-17/h1-10,16H,11-14H2. The van der Waals surface area contributed by atoms with Crippen LogP contribution in [0.1, 0.15) is 23.2 Å². The van der Waals surface area contributed by atoms with Crippen LogP contribution >= 0.6 is 0 Å². The molecule has 2 aromatic carbocycles. The summed E-state index contributed by atoms with van der Waals surface area (Å²) in [6.45, 7) is 1.93. The van der Waals surface area contributed by atoms with Crippen LogP contribution in [0.5, 0.6) is 0 Å². The molecule has 2 nitrogen and oxygen atoms in total. The summed E-state index contributed by atoms with van der Waals surface area (Å²) in [4.78, 5) is 14.8. The number of benzene rings is 2. The fourth-order valence-electron chi connectivity index (χ4n) is 2.88. The Morgan fingerprint density at radius 2 is 1.40 bits per heavy atom. The first-order valence-electron chi connectivity index (χ1n) is 7.24. The minimum absolute atomic E-state index is 0.178. The monoisotopic (exact) mass is 265 g/mol. The Kier molecular flexibility index (Phi) is 3.82. The zero-order valence-corrected chi connectivity index (χ0v) is 11.5. The number of piperidine rings is 1. The normalized spacial score (nSPS) is 16.1. The lowest BCUT2D eigenvalue weighted by molar-refractivity contribution is 0.0900. The van der Waals surface area contributed by atoms with Crippen LogP contribution in [-0.2, 0) is 0 Å². The third-order valence-corrected chi connectivity index (χ3v) is 4.05. The van der Waals surface area contributed by atoms with E-state index in [4.69, 9.17) is 0 Å². The molecule has 102 valence electrons. The first-order chi connectivity index (χ1) is 9.84. The van der Waals surface area contributed by atoms with E-state index in [1.54, 1.807) is 0 Å². The van der Waals surface area contributed by atoms with Gasteiger partial charge in [0.1, 0.15) is 0 Å². The molecule has 0 atom stereocenters. The molecule has 1 heterocycles. The van der Waals surface area contributed by atoms with E-state index in [0.29, 0.717) is 5.78 Å². The maximum atomic E-state index is 12.4. The molecule has 1 aliphatic heterocycles. The van der Waals surface area contributed by atoms with Gasteiger partial charge < -0.3 is 4.90 Å². The van der Waals surface area contributed by atoms with Crippen molar-refractivity contribution in [1.29, 1.82) is 0 Å². The van der Waals surface area contributed by atoms with Crippen LogP contribution in [0.15, 0.2) is 60.7 Å². The SMILES string of the molecule is O=C(c1ccccc1)C1CCN(c2ccccc2)CC1. The molecule has 0 bridgehead atoms. The second kappa shape index (κ2) is 5.91. The van der Waals surface area contributed by atoms with Gasteiger partial charge in [-0.1, -0.05) is 48.5 Å². The van der Waals surface area contributed by atoms with Gasteiger partial charge in [0.25, 0.3) is 0 Å². The summed E-state index contributed by atoms with van der Waals surface area (Å²) in [5.41, 5.74) is 2.11. The molecule has 0 N–H and O–H groups in total. The fourth-order valence-corrected chi connectivity index (χ4v) is 2.88. The molecule has 3 rings (SSSR count). The van der Waals surface area contributed by atoms with Crippen molar-refractivity contribution < 1.29 is 4.79 Å². The zero-order valence-electron chi connectivity index (χ0n) is 11.5. The number of nitrogens with zero attached hydrogens (tertiary/aromatic N) is 1. The van der Waals surface area contributed by atoms with E-state index < -0.39 is 0 Å². The summed E-state index contributed by atoms with van der Waals surface area (Å²) < 4.78 is 0. The van der Waals surface area contributed by atoms with Gasteiger partial charge in [0.15, 0.2) is 5.78 Å². The van der Waals surface area contributed by atoms with Gasteiger partial charge in [-0.25, -0.2) is 0 Å². The lowest BCUT2D eigenvalue weighted by Gasteiger charge is -2.33. The van der Waals surface area contributed by atoms with Gasteiger partial charge in [0, 0.05) is 30.3 Å². The number of hydrogen-bond donors (Lipinski definition) is 0. The van der Waals surface area contributed by atoms with E-state index in [2.05, 4.69) is 29.2 Å². The molecule has 0 radical (unpaired) electrons. The number of para-hydroxylation sites is 1. The van der Waals surface area contributed by atoms with Crippen LogP contribution < -0.4 is 4.90 Å². The van der Waals surface area contributed by atoms with Crippen molar-refractivity contribution in [3.05, 3.63) is 66.2 Å². The maximum Gasteiger partial charge on any atom is 0.166 e. The third kappa shape index (κ3) is 2.74. The van der Waals surface area contributed by atoms with E-state index in [0.717, 1.165) is 31.5 Å². The van der Waals surface area contributed by atoms with Gasteiger partial charge in [-0.3, -0.25) is 4.79 Å². The van der Waals surface area contributed by atoms with Crippen molar-refractivity contribution in [2.45, 2.75) is 12.8 Å². The van der Waals surface area contributed by atoms with Crippen LogP contribution in [0, 0.1) is 5.92 Å². The summed E-state index contributed by atoms with van der Waals surface area (Å²) in [7, 11) is 0. The highest BCUT2D eigenvalue weighted by Gasteiger charge is 2.25. The molecule has 2 aromatic rings. The molecule has 2 heteroatoms. The lowest BCUT2D eigenvalue weighted by atomic mass is 9.89. The van der Waals surface area contributed by atoms with Gasteiger partial charge in [0.05, 0.1) is 0 Å². The van der Waals surface area contributed by atoms with Crippen LogP contribution in [0.2, 0.25) is 0 Å². The Bertz CT molecular complexity index is 556. The Labute approximate surface area is 120 Å². The predicted octanol–water partition coefficient (Wildman–Crippen LogP) is 3.79. The van der Waals surface area contributed by atoms with Gasteiger partial charge in [0.2, 0.25) is 0 Å². The number of Topliss-reactive ketones (excluding diaryl/α,β-unsaturated/α-hetero) is 1. The maximum absolute atomic E-state index is 12.4. The lowest BCUT2D eigenvalue weighted by Crippen LogP contribution is -2.36.